The number of rotatable bonds is 0. The summed E-state index contributed by atoms with van der Waals surface area (Å²) in [6.45, 7) is 3.35. The Kier molecular flexibility index (Phi) is 3.58. The van der Waals surface area contributed by atoms with Crippen molar-refractivity contribution < 1.29 is 4.79 Å². The summed E-state index contributed by atoms with van der Waals surface area (Å²) < 4.78 is 0. The van der Waals surface area contributed by atoms with Gasteiger partial charge in [0.2, 0.25) is 5.91 Å². The molecule has 0 unspecified atom stereocenters. The fourth-order valence-corrected chi connectivity index (χ4v) is 0.779. The monoisotopic (exact) mass is 150 g/mol. The van der Waals surface area contributed by atoms with E-state index in [9.17, 15) is 4.79 Å². The van der Waals surface area contributed by atoms with Gasteiger partial charge in [-0.05, 0) is 6.92 Å². The SMILES string of the molecule is C[C@@H]1CNCC(=O)N1.Cl. The fourth-order valence-electron chi connectivity index (χ4n) is 0.779. The first-order valence-electron chi connectivity index (χ1n) is 2.79. The zero-order valence-electron chi connectivity index (χ0n) is 5.31. The largest absolute Gasteiger partial charge is 0.351 e. The van der Waals surface area contributed by atoms with Crippen molar-refractivity contribution in [1.29, 1.82) is 0 Å². The van der Waals surface area contributed by atoms with Gasteiger partial charge >= 0.3 is 0 Å². The molecule has 1 aliphatic rings. The van der Waals surface area contributed by atoms with Crippen LogP contribution in [0.15, 0.2) is 0 Å². The van der Waals surface area contributed by atoms with Gasteiger partial charge in [0, 0.05) is 12.6 Å². The molecule has 1 amide bonds. The van der Waals surface area contributed by atoms with Gasteiger partial charge in [0.05, 0.1) is 6.54 Å². The first-order valence-corrected chi connectivity index (χ1v) is 2.79. The molecule has 9 heavy (non-hydrogen) atoms. The topological polar surface area (TPSA) is 41.1 Å². The smallest absolute Gasteiger partial charge is 0.234 e. The maximum Gasteiger partial charge on any atom is 0.234 e. The molecule has 0 aromatic heterocycles. The number of nitrogens with one attached hydrogen (secondary N) is 2. The lowest BCUT2D eigenvalue weighted by molar-refractivity contribution is -0.121. The number of hydrogen-bond acceptors (Lipinski definition) is 2. The summed E-state index contributed by atoms with van der Waals surface area (Å²) in [5, 5.41) is 5.75. The minimum atomic E-state index is 0. The van der Waals surface area contributed by atoms with Crippen molar-refractivity contribution in [3.05, 3.63) is 0 Å². The Morgan fingerprint density at radius 3 is 2.67 bits per heavy atom. The molecule has 54 valence electrons. The van der Waals surface area contributed by atoms with Crippen molar-refractivity contribution in [3.8, 4) is 0 Å². The van der Waals surface area contributed by atoms with Gasteiger partial charge in [-0.25, -0.2) is 0 Å². The van der Waals surface area contributed by atoms with Crippen LogP contribution < -0.4 is 10.6 Å². The molecular weight excluding hydrogens is 140 g/mol. The molecular formula is C5H11ClN2O. The molecule has 1 rings (SSSR count). The second-order valence-corrected chi connectivity index (χ2v) is 2.10. The molecule has 1 fully saturated rings. The number of piperazine rings is 1. The van der Waals surface area contributed by atoms with E-state index in [-0.39, 0.29) is 18.3 Å². The summed E-state index contributed by atoms with van der Waals surface area (Å²) in [5.74, 6) is 0.101. The Morgan fingerprint density at radius 1 is 1.67 bits per heavy atom. The van der Waals surface area contributed by atoms with Crippen LogP contribution in [-0.4, -0.2) is 25.0 Å². The standard InChI is InChI=1S/C5H10N2O.ClH/c1-4-2-6-3-5(8)7-4;/h4,6H,2-3H2,1H3,(H,7,8);1H/t4-;/m1./s1. The summed E-state index contributed by atoms with van der Waals surface area (Å²) in [5.41, 5.74) is 0. The third kappa shape index (κ3) is 2.67. The molecule has 1 heterocycles. The van der Waals surface area contributed by atoms with Crippen LogP contribution in [-0.2, 0) is 4.79 Å². The van der Waals surface area contributed by atoms with Gasteiger partial charge in [-0.1, -0.05) is 0 Å². The van der Waals surface area contributed by atoms with E-state index in [4.69, 9.17) is 0 Å². The molecule has 0 radical (unpaired) electrons. The van der Waals surface area contributed by atoms with Crippen LogP contribution in [0.25, 0.3) is 0 Å². The second kappa shape index (κ2) is 3.69. The van der Waals surface area contributed by atoms with Crippen LogP contribution in [0.4, 0.5) is 0 Å². The van der Waals surface area contributed by atoms with E-state index in [0.717, 1.165) is 6.54 Å². The lowest BCUT2D eigenvalue weighted by Gasteiger charge is -2.19. The van der Waals surface area contributed by atoms with Crippen molar-refractivity contribution in [2.75, 3.05) is 13.1 Å². The Labute approximate surface area is 60.6 Å². The second-order valence-electron chi connectivity index (χ2n) is 2.10. The lowest BCUT2D eigenvalue weighted by atomic mass is 10.3. The first-order chi connectivity index (χ1) is 3.79. The molecule has 1 atom stereocenters. The molecule has 1 aliphatic heterocycles. The number of carbonyl (C=O) groups is 1. The zero-order valence-corrected chi connectivity index (χ0v) is 6.12. The molecule has 0 aromatic carbocycles. The lowest BCUT2D eigenvalue weighted by Crippen LogP contribution is -2.50. The Morgan fingerprint density at radius 2 is 2.33 bits per heavy atom. The molecule has 0 spiro atoms. The van der Waals surface area contributed by atoms with Crippen molar-refractivity contribution in [2.24, 2.45) is 0 Å². The number of halogens is 1. The highest BCUT2D eigenvalue weighted by Crippen LogP contribution is 1.83. The van der Waals surface area contributed by atoms with E-state index < -0.39 is 0 Å². The molecule has 2 N–H and O–H groups in total. The minimum absolute atomic E-state index is 0. The summed E-state index contributed by atoms with van der Waals surface area (Å²) in [7, 11) is 0. The van der Waals surface area contributed by atoms with Crippen molar-refractivity contribution in [2.45, 2.75) is 13.0 Å². The van der Waals surface area contributed by atoms with Gasteiger partial charge in [-0.15, -0.1) is 12.4 Å². The van der Waals surface area contributed by atoms with E-state index >= 15 is 0 Å². The Hall–Kier alpha value is -0.280. The predicted molar refractivity (Wildman–Crippen MR) is 37.7 cm³/mol. The van der Waals surface area contributed by atoms with Crippen molar-refractivity contribution in [3.63, 3.8) is 0 Å². The molecule has 0 aromatic rings. The van der Waals surface area contributed by atoms with Gasteiger partial charge in [-0.3, -0.25) is 4.79 Å². The zero-order chi connectivity index (χ0) is 5.98. The van der Waals surface area contributed by atoms with E-state index in [1.165, 1.54) is 0 Å². The number of carbonyl (C=O) groups excluding carboxylic acids is 1. The van der Waals surface area contributed by atoms with E-state index in [2.05, 4.69) is 10.6 Å². The van der Waals surface area contributed by atoms with E-state index in [1.807, 2.05) is 6.92 Å². The summed E-state index contributed by atoms with van der Waals surface area (Å²) >= 11 is 0. The molecule has 0 saturated carbocycles. The molecule has 0 bridgehead atoms. The summed E-state index contributed by atoms with van der Waals surface area (Å²) in [4.78, 5) is 10.5. The quantitative estimate of drug-likeness (QED) is 0.490. The van der Waals surface area contributed by atoms with Crippen LogP contribution in [0, 0.1) is 0 Å². The van der Waals surface area contributed by atoms with E-state index in [1.54, 1.807) is 0 Å². The molecule has 0 aliphatic carbocycles. The van der Waals surface area contributed by atoms with Crippen LogP contribution in [0.5, 0.6) is 0 Å². The van der Waals surface area contributed by atoms with Crippen molar-refractivity contribution in [1.82, 2.24) is 10.6 Å². The Balaban J connectivity index is 0.000000640. The predicted octanol–water partition coefficient (Wildman–Crippen LogP) is -0.484. The fraction of sp³-hybridized carbons (Fsp3) is 0.800. The third-order valence-electron chi connectivity index (χ3n) is 1.14. The van der Waals surface area contributed by atoms with Crippen LogP contribution in [0.2, 0.25) is 0 Å². The summed E-state index contributed by atoms with van der Waals surface area (Å²) in [6, 6.07) is 0.302. The first kappa shape index (κ1) is 8.72. The number of amides is 1. The average Bonchev–Trinajstić information content (AvgIpc) is 1.64. The van der Waals surface area contributed by atoms with Crippen molar-refractivity contribution >= 4 is 18.3 Å². The van der Waals surface area contributed by atoms with Crippen LogP contribution in [0.3, 0.4) is 0 Å². The molecule has 3 nitrogen and oxygen atoms in total. The highest BCUT2D eigenvalue weighted by atomic mass is 35.5. The average molecular weight is 151 g/mol. The van der Waals surface area contributed by atoms with Crippen LogP contribution >= 0.6 is 12.4 Å². The minimum Gasteiger partial charge on any atom is -0.351 e. The maximum absolute atomic E-state index is 10.5. The van der Waals surface area contributed by atoms with Gasteiger partial charge in [0.1, 0.15) is 0 Å². The maximum atomic E-state index is 10.5. The highest BCUT2D eigenvalue weighted by molar-refractivity contribution is 5.85. The highest BCUT2D eigenvalue weighted by Gasteiger charge is 2.11. The van der Waals surface area contributed by atoms with Gasteiger partial charge < -0.3 is 10.6 Å². The van der Waals surface area contributed by atoms with Crippen LogP contribution in [0.1, 0.15) is 6.92 Å². The Bertz CT molecular complexity index is 107. The molecule has 4 heteroatoms. The molecule has 1 saturated heterocycles. The van der Waals surface area contributed by atoms with Gasteiger partial charge in [-0.2, -0.15) is 0 Å². The third-order valence-corrected chi connectivity index (χ3v) is 1.14. The summed E-state index contributed by atoms with van der Waals surface area (Å²) in [6.07, 6.45) is 0. The van der Waals surface area contributed by atoms with E-state index in [0.29, 0.717) is 12.6 Å². The van der Waals surface area contributed by atoms with Gasteiger partial charge in [0.25, 0.3) is 0 Å². The number of hydrogen-bond donors (Lipinski definition) is 2. The van der Waals surface area contributed by atoms with Gasteiger partial charge in [0.15, 0.2) is 0 Å². The normalized spacial score (nSPS) is 26.3.